The van der Waals surface area contributed by atoms with Crippen LogP contribution in [-0.2, 0) is 4.79 Å². The number of nitrogens with zero attached hydrogens (tertiary/aromatic N) is 3. The molecular formula is C10H7F3N4O. The largest absolute Gasteiger partial charge is 0.471 e. The van der Waals surface area contributed by atoms with Crippen molar-refractivity contribution in [3.63, 3.8) is 0 Å². The van der Waals surface area contributed by atoms with Crippen LogP contribution in [0.3, 0.4) is 0 Å². The molecule has 1 amide bonds. The van der Waals surface area contributed by atoms with Gasteiger partial charge in [0, 0.05) is 5.69 Å². The normalized spacial score (nSPS) is 11.3. The molecule has 18 heavy (non-hydrogen) atoms. The molecule has 0 saturated heterocycles. The van der Waals surface area contributed by atoms with Gasteiger partial charge in [-0.05, 0) is 24.3 Å². The maximum atomic E-state index is 12.0. The predicted octanol–water partition coefficient (Wildman–Crippen LogP) is 1.77. The highest BCUT2D eigenvalue weighted by molar-refractivity contribution is 5.94. The van der Waals surface area contributed by atoms with Crippen molar-refractivity contribution >= 4 is 11.6 Å². The fourth-order valence-corrected chi connectivity index (χ4v) is 1.24. The lowest BCUT2D eigenvalue weighted by Crippen LogP contribution is -2.29. The van der Waals surface area contributed by atoms with E-state index in [4.69, 9.17) is 0 Å². The first-order chi connectivity index (χ1) is 8.47. The van der Waals surface area contributed by atoms with Crippen molar-refractivity contribution in [2.45, 2.75) is 6.18 Å². The summed E-state index contributed by atoms with van der Waals surface area (Å²) >= 11 is 0. The molecule has 2 aromatic rings. The number of carbonyl (C=O) groups excluding carboxylic acids is 1. The third kappa shape index (κ3) is 2.65. The Hall–Kier alpha value is -2.38. The minimum atomic E-state index is -4.90. The van der Waals surface area contributed by atoms with Gasteiger partial charge >= 0.3 is 12.1 Å². The average molecular weight is 256 g/mol. The number of alkyl halides is 3. The zero-order valence-electron chi connectivity index (χ0n) is 8.85. The van der Waals surface area contributed by atoms with E-state index in [0.717, 1.165) is 0 Å². The van der Waals surface area contributed by atoms with Gasteiger partial charge in [0.1, 0.15) is 12.7 Å². The summed E-state index contributed by atoms with van der Waals surface area (Å²) in [5, 5.41) is 5.60. The predicted molar refractivity (Wildman–Crippen MR) is 56.0 cm³/mol. The van der Waals surface area contributed by atoms with Gasteiger partial charge in [-0.1, -0.05) is 0 Å². The Morgan fingerprint density at radius 3 is 2.39 bits per heavy atom. The van der Waals surface area contributed by atoms with Crippen molar-refractivity contribution < 1.29 is 18.0 Å². The van der Waals surface area contributed by atoms with Gasteiger partial charge in [0.2, 0.25) is 0 Å². The molecule has 0 aliphatic carbocycles. The lowest BCUT2D eigenvalue weighted by atomic mass is 10.3. The second-order valence-corrected chi connectivity index (χ2v) is 3.34. The number of rotatable bonds is 2. The number of amides is 1. The molecular weight excluding hydrogens is 249 g/mol. The molecule has 1 aromatic carbocycles. The number of benzene rings is 1. The molecule has 1 aromatic heterocycles. The van der Waals surface area contributed by atoms with Crippen LogP contribution in [0, 0.1) is 0 Å². The summed E-state index contributed by atoms with van der Waals surface area (Å²) in [6.45, 7) is 0. The van der Waals surface area contributed by atoms with Crippen molar-refractivity contribution in [3.05, 3.63) is 36.9 Å². The Morgan fingerprint density at radius 2 is 1.89 bits per heavy atom. The van der Waals surface area contributed by atoms with E-state index in [1.807, 2.05) is 0 Å². The number of nitrogens with one attached hydrogen (secondary N) is 1. The Balaban J connectivity index is 2.12. The molecule has 1 heterocycles. The summed E-state index contributed by atoms with van der Waals surface area (Å²) in [6.07, 6.45) is -2.12. The minimum absolute atomic E-state index is 0.0567. The molecule has 0 unspecified atom stereocenters. The number of anilines is 1. The molecule has 94 valence electrons. The lowest BCUT2D eigenvalue weighted by Gasteiger charge is -2.08. The van der Waals surface area contributed by atoms with E-state index < -0.39 is 12.1 Å². The minimum Gasteiger partial charge on any atom is -0.318 e. The van der Waals surface area contributed by atoms with E-state index in [0.29, 0.717) is 5.69 Å². The molecule has 0 fully saturated rings. The fourth-order valence-electron chi connectivity index (χ4n) is 1.24. The van der Waals surface area contributed by atoms with Gasteiger partial charge in [0.05, 0.1) is 5.69 Å². The summed E-state index contributed by atoms with van der Waals surface area (Å²) < 4.78 is 37.4. The Kier molecular flexibility index (Phi) is 3.00. The molecule has 0 aliphatic heterocycles. The first-order valence-electron chi connectivity index (χ1n) is 4.80. The SMILES string of the molecule is O=C(Nc1ccc(-n2cncn2)cc1)C(F)(F)F. The summed E-state index contributed by atoms with van der Waals surface area (Å²) in [4.78, 5) is 14.4. The van der Waals surface area contributed by atoms with E-state index in [1.54, 1.807) is 5.32 Å². The van der Waals surface area contributed by atoms with E-state index in [9.17, 15) is 18.0 Å². The third-order valence-corrected chi connectivity index (χ3v) is 2.07. The van der Waals surface area contributed by atoms with Gasteiger partial charge in [-0.3, -0.25) is 4.79 Å². The van der Waals surface area contributed by atoms with E-state index in [1.165, 1.54) is 41.6 Å². The quantitative estimate of drug-likeness (QED) is 0.890. The topological polar surface area (TPSA) is 59.8 Å². The van der Waals surface area contributed by atoms with Gasteiger partial charge in [-0.25, -0.2) is 9.67 Å². The molecule has 0 aliphatic rings. The maximum Gasteiger partial charge on any atom is 0.471 e. The molecule has 2 rings (SSSR count). The number of hydrogen-bond acceptors (Lipinski definition) is 3. The van der Waals surface area contributed by atoms with Crippen molar-refractivity contribution in [1.29, 1.82) is 0 Å². The molecule has 0 saturated carbocycles. The Morgan fingerprint density at radius 1 is 1.22 bits per heavy atom. The van der Waals surface area contributed by atoms with Crippen molar-refractivity contribution in [2.24, 2.45) is 0 Å². The van der Waals surface area contributed by atoms with E-state index >= 15 is 0 Å². The van der Waals surface area contributed by atoms with Gasteiger partial charge in [-0.2, -0.15) is 18.3 Å². The molecule has 1 N–H and O–H groups in total. The van der Waals surface area contributed by atoms with Gasteiger partial charge < -0.3 is 5.32 Å². The Labute approximate surface area is 99.3 Å². The van der Waals surface area contributed by atoms with E-state index in [-0.39, 0.29) is 5.69 Å². The highest BCUT2D eigenvalue weighted by atomic mass is 19.4. The highest BCUT2D eigenvalue weighted by Crippen LogP contribution is 2.19. The standard InChI is InChI=1S/C10H7F3N4O/c11-10(12,13)9(18)16-7-1-3-8(4-2-7)17-6-14-5-15-17/h1-6H,(H,16,18). The van der Waals surface area contributed by atoms with Crippen LogP contribution in [0.25, 0.3) is 5.69 Å². The fraction of sp³-hybridized carbons (Fsp3) is 0.100. The monoisotopic (exact) mass is 256 g/mol. The second kappa shape index (κ2) is 4.47. The van der Waals surface area contributed by atoms with Crippen LogP contribution in [0.1, 0.15) is 0 Å². The molecule has 8 heteroatoms. The second-order valence-electron chi connectivity index (χ2n) is 3.34. The summed E-state index contributed by atoms with van der Waals surface area (Å²) in [5.41, 5.74) is 0.679. The summed E-state index contributed by atoms with van der Waals surface area (Å²) in [7, 11) is 0. The van der Waals surface area contributed by atoms with Crippen LogP contribution in [0.15, 0.2) is 36.9 Å². The maximum absolute atomic E-state index is 12.0. The lowest BCUT2D eigenvalue weighted by molar-refractivity contribution is -0.167. The van der Waals surface area contributed by atoms with Crippen LogP contribution >= 0.6 is 0 Å². The molecule has 5 nitrogen and oxygen atoms in total. The smallest absolute Gasteiger partial charge is 0.318 e. The van der Waals surface area contributed by atoms with Crippen molar-refractivity contribution in [1.82, 2.24) is 14.8 Å². The highest BCUT2D eigenvalue weighted by Gasteiger charge is 2.38. The molecule has 0 atom stereocenters. The van der Waals surface area contributed by atoms with Crippen LogP contribution < -0.4 is 5.32 Å². The molecule has 0 bridgehead atoms. The summed E-state index contributed by atoms with van der Waals surface area (Å²) in [5.74, 6) is -2.00. The van der Waals surface area contributed by atoms with Crippen LogP contribution in [0.4, 0.5) is 18.9 Å². The van der Waals surface area contributed by atoms with Gasteiger partial charge in [0.15, 0.2) is 0 Å². The van der Waals surface area contributed by atoms with Gasteiger partial charge in [-0.15, -0.1) is 0 Å². The molecule has 0 radical (unpaired) electrons. The average Bonchev–Trinajstić information content (AvgIpc) is 2.82. The van der Waals surface area contributed by atoms with E-state index in [2.05, 4.69) is 10.1 Å². The third-order valence-electron chi connectivity index (χ3n) is 2.07. The van der Waals surface area contributed by atoms with Crippen LogP contribution in [0.5, 0.6) is 0 Å². The first-order valence-corrected chi connectivity index (χ1v) is 4.80. The zero-order chi connectivity index (χ0) is 13.2. The Bertz CT molecular complexity index is 533. The van der Waals surface area contributed by atoms with Gasteiger partial charge in [0.25, 0.3) is 0 Å². The molecule has 0 spiro atoms. The number of hydrogen-bond donors (Lipinski definition) is 1. The van der Waals surface area contributed by atoms with Crippen molar-refractivity contribution in [3.8, 4) is 5.69 Å². The van der Waals surface area contributed by atoms with Crippen LogP contribution in [0.2, 0.25) is 0 Å². The number of halogens is 3. The zero-order valence-corrected chi connectivity index (χ0v) is 8.85. The van der Waals surface area contributed by atoms with Crippen LogP contribution in [-0.4, -0.2) is 26.8 Å². The summed E-state index contributed by atoms with van der Waals surface area (Å²) in [6, 6.07) is 5.72. The number of aromatic nitrogens is 3. The number of carbonyl (C=O) groups is 1. The van der Waals surface area contributed by atoms with Crippen molar-refractivity contribution in [2.75, 3.05) is 5.32 Å². The first kappa shape index (κ1) is 12.1.